The fourth-order valence-corrected chi connectivity index (χ4v) is 3.15. The van der Waals surface area contributed by atoms with E-state index in [1.54, 1.807) is 6.92 Å². The molecule has 2 nitrogen and oxygen atoms in total. The van der Waals surface area contributed by atoms with Gasteiger partial charge in [-0.2, -0.15) is 0 Å². The Labute approximate surface area is 156 Å². The van der Waals surface area contributed by atoms with Crippen molar-refractivity contribution in [3.05, 3.63) is 28.8 Å². The first-order valence-electron chi connectivity index (χ1n) is 9.58. The van der Waals surface area contributed by atoms with Crippen LogP contribution in [0.5, 0.6) is 0 Å². The summed E-state index contributed by atoms with van der Waals surface area (Å²) < 4.78 is 0. The van der Waals surface area contributed by atoms with Gasteiger partial charge < -0.3 is 4.90 Å². The van der Waals surface area contributed by atoms with Crippen molar-refractivity contribution in [2.75, 3.05) is 11.4 Å². The molecule has 0 saturated heterocycles. The highest BCUT2D eigenvalue weighted by Gasteiger charge is 2.32. The lowest BCUT2D eigenvalue weighted by Gasteiger charge is -2.37. The quantitative estimate of drug-likeness (QED) is 0.625. The second-order valence-electron chi connectivity index (χ2n) is 10.3. The third kappa shape index (κ3) is 5.09. The minimum atomic E-state index is -0.0297. The van der Waals surface area contributed by atoms with Gasteiger partial charge in [-0.1, -0.05) is 81.4 Å². The van der Waals surface area contributed by atoms with Crippen molar-refractivity contribution in [2.24, 2.45) is 0 Å². The van der Waals surface area contributed by atoms with E-state index < -0.39 is 0 Å². The Balaban J connectivity index is 3.97. The minimum Gasteiger partial charge on any atom is -0.312 e. The van der Waals surface area contributed by atoms with Crippen LogP contribution in [0.15, 0.2) is 12.1 Å². The molecule has 1 aromatic carbocycles. The van der Waals surface area contributed by atoms with Gasteiger partial charge in [0, 0.05) is 13.5 Å². The highest BCUT2D eigenvalue weighted by Crippen LogP contribution is 2.43. The molecule has 2 heteroatoms. The third-order valence-corrected chi connectivity index (χ3v) is 4.69. The lowest BCUT2D eigenvalue weighted by atomic mass is 9.74. The standard InChI is InChI=1S/C23H39NO/c1-12-13-24(16(2)25)20-18(22(6,7)8)14-17(21(3,4)5)15-19(20)23(9,10)11/h14-15H,12-13H2,1-11H3. The zero-order valence-corrected chi connectivity index (χ0v) is 18.4. The van der Waals surface area contributed by atoms with Gasteiger partial charge in [0.15, 0.2) is 0 Å². The zero-order valence-electron chi connectivity index (χ0n) is 18.4. The molecule has 1 amide bonds. The summed E-state index contributed by atoms with van der Waals surface area (Å²) >= 11 is 0. The van der Waals surface area contributed by atoms with Crippen LogP contribution in [-0.4, -0.2) is 12.5 Å². The smallest absolute Gasteiger partial charge is 0.223 e. The molecule has 0 radical (unpaired) electrons. The van der Waals surface area contributed by atoms with Gasteiger partial charge in [0.25, 0.3) is 0 Å². The monoisotopic (exact) mass is 345 g/mol. The number of hydrogen-bond donors (Lipinski definition) is 0. The Bertz CT molecular complexity index is 586. The molecule has 0 saturated carbocycles. The van der Waals surface area contributed by atoms with Crippen LogP contribution in [0, 0.1) is 0 Å². The maximum Gasteiger partial charge on any atom is 0.223 e. The fraction of sp³-hybridized carbons (Fsp3) is 0.696. The van der Waals surface area contributed by atoms with Crippen LogP contribution in [0.1, 0.15) is 99.3 Å². The van der Waals surface area contributed by atoms with Crippen LogP contribution in [0.4, 0.5) is 5.69 Å². The topological polar surface area (TPSA) is 20.3 Å². The van der Waals surface area contributed by atoms with E-state index in [1.807, 2.05) is 4.90 Å². The maximum atomic E-state index is 12.5. The Hall–Kier alpha value is -1.31. The lowest BCUT2D eigenvalue weighted by molar-refractivity contribution is -0.116. The summed E-state index contributed by atoms with van der Waals surface area (Å²) in [6, 6.07) is 4.66. The molecule has 1 rings (SSSR count). The fourth-order valence-electron chi connectivity index (χ4n) is 3.15. The average Bonchev–Trinajstić information content (AvgIpc) is 2.40. The van der Waals surface area contributed by atoms with Gasteiger partial charge in [0.2, 0.25) is 5.91 Å². The van der Waals surface area contributed by atoms with Gasteiger partial charge >= 0.3 is 0 Å². The number of nitrogens with zero attached hydrogens (tertiary/aromatic N) is 1. The van der Waals surface area contributed by atoms with E-state index in [0.717, 1.165) is 18.7 Å². The van der Waals surface area contributed by atoms with E-state index in [2.05, 4.69) is 81.4 Å². The average molecular weight is 346 g/mol. The van der Waals surface area contributed by atoms with E-state index in [9.17, 15) is 4.79 Å². The van der Waals surface area contributed by atoms with Crippen LogP contribution < -0.4 is 4.90 Å². The SMILES string of the molecule is CCCN(C(C)=O)c1c(C(C)(C)C)cc(C(C)(C)C)cc1C(C)(C)C. The van der Waals surface area contributed by atoms with Crippen molar-refractivity contribution in [2.45, 2.75) is 98.8 Å². The predicted molar refractivity (Wildman–Crippen MR) is 111 cm³/mol. The number of hydrogen-bond acceptors (Lipinski definition) is 1. The largest absolute Gasteiger partial charge is 0.312 e. The summed E-state index contributed by atoms with van der Waals surface area (Å²) in [6.45, 7) is 24.8. The first-order valence-corrected chi connectivity index (χ1v) is 9.58. The first kappa shape index (κ1) is 21.7. The summed E-state index contributed by atoms with van der Waals surface area (Å²) in [5, 5.41) is 0. The highest BCUT2D eigenvalue weighted by molar-refractivity contribution is 5.94. The molecule has 0 aliphatic rings. The lowest BCUT2D eigenvalue weighted by Crippen LogP contribution is -2.35. The molecule has 0 aromatic heterocycles. The van der Waals surface area contributed by atoms with Crippen molar-refractivity contribution in [1.82, 2.24) is 0 Å². The van der Waals surface area contributed by atoms with E-state index in [-0.39, 0.29) is 22.2 Å². The van der Waals surface area contributed by atoms with Gasteiger partial charge in [0.1, 0.15) is 0 Å². The van der Waals surface area contributed by atoms with Gasteiger partial charge in [-0.05, 0) is 39.4 Å². The van der Waals surface area contributed by atoms with Crippen LogP contribution in [0.3, 0.4) is 0 Å². The normalized spacial score (nSPS) is 13.1. The molecule has 0 fully saturated rings. The Kier molecular flexibility index (Phi) is 6.20. The van der Waals surface area contributed by atoms with Crippen LogP contribution in [0.2, 0.25) is 0 Å². The number of amides is 1. The van der Waals surface area contributed by atoms with Crippen LogP contribution >= 0.6 is 0 Å². The van der Waals surface area contributed by atoms with E-state index >= 15 is 0 Å². The van der Waals surface area contributed by atoms with E-state index in [1.165, 1.54) is 16.7 Å². The summed E-state index contributed by atoms with van der Waals surface area (Å²) in [5.74, 6) is 0.126. The van der Waals surface area contributed by atoms with Gasteiger partial charge in [-0.25, -0.2) is 0 Å². The summed E-state index contributed by atoms with van der Waals surface area (Å²) in [6.07, 6.45) is 0.952. The van der Waals surface area contributed by atoms with Gasteiger partial charge in [-0.15, -0.1) is 0 Å². The molecule has 25 heavy (non-hydrogen) atoms. The van der Waals surface area contributed by atoms with Crippen molar-refractivity contribution in [1.29, 1.82) is 0 Å². The number of anilines is 1. The molecule has 0 unspecified atom stereocenters. The maximum absolute atomic E-state index is 12.5. The summed E-state index contributed by atoms with van der Waals surface area (Å²) in [7, 11) is 0. The second-order valence-corrected chi connectivity index (χ2v) is 10.3. The molecule has 0 aliphatic heterocycles. The highest BCUT2D eigenvalue weighted by atomic mass is 16.2. The molecule has 0 atom stereocenters. The number of benzene rings is 1. The molecule has 0 bridgehead atoms. The summed E-state index contributed by atoms with van der Waals surface area (Å²) in [5.41, 5.74) is 5.02. The Morgan fingerprint density at radius 3 is 1.48 bits per heavy atom. The van der Waals surface area contributed by atoms with E-state index in [4.69, 9.17) is 0 Å². The zero-order chi connectivity index (χ0) is 19.8. The second kappa shape index (κ2) is 7.13. The van der Waals surface area contributed by atoms with Gasteiger partial charge in [-0.3, -0.25) is 4.79 Å². The number of carbonyl (C=O) groups is 1. The van der Waals surface area contributed by atoms with Gasteiger partial charge in [0.05, 0.1) is 5.69 Å². The Morgan fingerprint density at radius 2 is 1.24 bits per heavy atom. The minimum absolute atomic E-state index is 0.0297. The molecular formula is C23H39NO. The third-order valence-electron chi connectivity index (χ3n) is 4.69. The van der Waals surface area contributed by atoms with Crippen molar-refractivity contribution >= 4 is 11.6 Å². The van der Waals surface area contributed by atoms with Crippen LogP contribution in [0.25, 0.3) is 0 Å². The predicted octanol–water partition coefficient (Wildman–Crippen LogP) is 6.34. The van der Waals surface area contributed by atoms with Crippen molar-refractivity contribution in [3.8, 4) is 0 Å². The van der Waals surface area contributed by atoms with Crippen molar-refractivity contribution in [3.63, 3.8) is 0 Å². The van der Waals surface area contributed by atoms with Crippen molar-refractivity contribution < 1.29 is 4.79 Å². The Morgan fingerprint density at radius 1 is 0.840 bits per heavy atom. The van der Waals surface area contributed by atoms with E-state index in [0.29, 0.717) is 0 Å². The molecular weight excluding hydrogens is 306 g/mol. The first-order chi connectivity index (χ1) is 11.1. The molecule has 0 N–H and O–H groups in total. The molecule has 142 valence electrons. The molecule has 0 aliphatic carbocycles. The molecule has 0 heterocycles. The summed E-state index contributed by atoms with van der Waals surface area (Å²) in [4.78, 5) is 14.5. The number of carbonyl (C=O) groups excluding carboxylic acids is 1. The molecule has 0 spiro atoms. The molecule has 1 aromatic rings. The number of rotatable bonds is 3. The van der Waals surface area contributed by atoms with Crippen LogP contribution in [-0.2, 0) is 21.0 Å².